The molecule has 0 radical (unpaired) electrons. The van der Waals surface area contributed by atoms with E-state index in [2.05, 4.69) is 44.8 Å². The van der Waals surface area contributed by atoms with Crippen LogP contribution in [0, 0.1) is 0 Å². The lowest BCUT2D eigenvalue weighted by atomic mass is 9.99. The summed E-state index contributed by atoms with van der Waals surface area (Å²) in [4.78, 5) is 46.3. The number of methoxy groups -OCH3 is 1. The van der Waals surface area contributed by atoms with Crippen LogP contribution in [-0.4, -0.2) is 65.5 Å². The molecule has 2 N–H and O–H groups in total. The molecule has 200 valence electrons. The predicted molar refractivity (Wildman–Crippen MR) is 143 cm³/mol. The first-order valence-corrected chi connectivity index (χ1v) is 13.0. The van der Waals surface area contributed by atoms with Gasteiger partial charge in [0, 0.05) is 30.4 Å². The number of ether oxygens (including phenoxy) is 2. The van der Waals surface area contributed by atoms with Crippen LogP contribution >= 0.6 is 0 Å². The molecule has 3 atom stereocenters. The molecular formula is C29H29N5O5. The third kappa shape index (κ3) is 4.84. The van der Waals surface area contributed by atoms with Crippen molar-refractivity contribution in [3.8, 4) is 0 Å². The number of benzene rings is 2. The number of anilines is 2. The lowest BCUT2D eigenvalue weighted by Crippen LogP contribution is -2.40. The minimum absolute atomic E-state index is 0.0315. The van der Waals surface area contributed by atoms with E-state index in [9.17, 15) is 14.4 Å². The smallest absolute Gasteiger partial charge is 0.331 e. The summed E-state index contributed by atoms with van der Waals surface area (Å²) >= 11 is 0. The van der Waals surface area contributed by atoms with Crippen molar-refractivity contribution in [3.05, 3.63) is 89.1 Å². The van der Waals surface area contributed by atoms with Gasteiger partial charge in [-0.25, -0.2) is 14.6 Å². The van der Waals surface area contributed by atoms with Crippen LogP contribution in [0.3, 0.4) is 0 Å². The van der Waals surface area contributed by atoms with E-state index in [1.54, 1.807) is 24.4 Å². The van der Waals surface area contributed by atoms with Crippen molar-refractivity contribution in [2.45, 2.75) is 31.2 Å². The van der Waals surface area contributed by atoms with Gasteiger partial charge in [0.05, 0.1) is 19.4 Å². The zero-order valence-corrected chi connectivity index (χ0v) is 21.5. The van der Waals surface area contributed by atoms with Crippen molar-refractivity contribution in [1.29, 1.82) is 0 Å². The zero-order chi connectivity index (χ0) is 26.9. The number of nitrogens with one attached hydrogen (secondary N) is 2. The van der Waals surface area contributed by atoms with Crippen LogP contribution in [-0.2, 0) is 20.8 Å². The maximum absolute atomic E-state index is 13.0. The summed E-state index contributed by atoms with van der Waals surface area (Å²) in [5.41, 5.74) is 3.77. The molecule has 0 spiro atoms. The lowest BCUT2D eigenvalue weighted by molar-refractivity contribution is -0.144. The molecule has 3 aliphatic heterocycles. The number of carbonyl (C=O) groups is 3. The summed E-state index contributed by atoms with van der Waals surface area (Å²) in [6.45, 7) is 2.91. The molecule has 3 aliphatic rings. The molecule has 39 heavy (non-hydrogen) atoms. The average molecular weight is 528 g/mol. The van der Waals surface area contributed by atoms with Crippen LogP contribution in [0.15, 0.2) is 66.9 Å². The second-order valence-electron chi connectivity index (χ2n) is 9.96. The lowest BCUT2D eigenvalue weighted by Gasteiger charge is -2.20. The number of pyridine rings is 1. The highest BCUT2D eigenvalue weighted by Gasteiger charge is 2.50. The van der Waals surface area contributed by atoms with Gasteiger partial charge in [0.15, 0.2) is 12.3 Å². The number of urea groups is 1. The average Bonchev–Trinajstić information content (AvgIpc) is 3.66. The molecule has 3 amide bonds. The Labute approximate surface area is 225 Å². The molecule has 10 heteroatoms. The van der Waals surface area contributed by atoms with Gasteiger partial charge in [0.2, 0.25) is 0 Å². The Kier molecular flexibility index (Phi) is 6.72. The summed E-state index contributed by atoms with van der Waals surface area (Å²) in [6.07, 6.45) is 1.98. The molecule has 6 rings (SSSR count). The molecular weight excluding hydrogens is 498 g/mol. The number of esters is 1. The largest absolute Gasteiger partial charge is 0.467 e. The molecule has 2 saturated heterocycles. The second kappa shape index (κ2) is 10.5. The van der Waals surface area contributed by atoms with E-state index >= 15 is 0 Å². The third-order valence-electron chi connectivity index (χ3n) is 7.56. The summed E-state index contributed by atoms with van der Waals surface area (Å²) < 4.78 is 10.6. The maximum atomic E-state index is 13.0. The Morgan fingerprint density at radius 2 is 1.95 bits per heavy atom. The highest BCUT2D eigenvalue weighted by atomic mass is 16.5. The standard InChI is InChI=1S/C29H29N5O5/c1-38-28(36)23-17-39-27-25-21(26(35)34(23)27)8-5-9-22(25)31-29(37)32-24-14-19(10-12-30-24)20-11-13-33(16-20)15-18-6-3-2-4-7-18/h2-10,12,14,20,23,27H,11,13,15-17H2,1H3,(H2,30,31,32,37)/t20?,23-,27?/m1/s1. The topological polar surface area (TPSA) is 113 Å². The van der Waals surface area contributed by atoms with Crippen LogP contribution in [0.25, 0.3) is 0 Å². The monoisotopic (exact) mass is 527 g/mol. The van der Waals surface area contributed by atoms with E-state index < -0.39 is 24.3 Å². The number of amides is 3. The van der Waals surface area contributed by atoms with Crippen LogP contribution in [0.4, 0.5) is 16.3 Å². The van der Waals surface area contributed by atoms with E-state index in [-0.39, 0.29) is 12.5 Å². The highest BCUT2D eigenvalue weighted by molar-refractivity contribution is 6.06. The van der Waals surface area contributed by atoms with Crippen molar-refractivity contribution in [2.75, 3.05) is 37.4 Å². The van der Waals surface area contributed by atoms with Gasteiger partial charge in [0.25, 0.3) is 5.91 Å². The number of aromatic nitrogens is 1. The number of hydrogen-bond acceptors (Lipinski definition) is 7. The Hall–Kier alpha value is -4.28. The van der Waals surface area contributed by atoms with Crippen LogP contribution in [0.2, 0.25) is 0 Å². The fraction of sp³-hybridized carbons (Fsp3) is 0.310. The number of rotatable bonds is 6. The highest BCUT2D eigenvalue weighted by Crippen LogP contribution is 2.44. The third-order valence-corrected chi connectivity index (χ3v) is 7.56. The van der Waals surface area contributed by atoms with E-state index in [1.165, 1.54) is 17.6 Å². The molecule has 0 bridgehead atoms. The Morgan fingerprint density at radius 3 is 2.77 bits per heavy atom. The van der Waals surface area contributed by atoms with Crippen LogP contribution in [0.5, 0.6) is 0 Å². The summed E-state index contributed by atoms with van der Waals surface area (Å²) in [7, 11) is 1.27. The first-order chi connectivity index (χ1) is 19.0. The van der Waals surface area contributed by atoms with Gasteiger partial charge in [-0.05, 0) is 54.3 Å². The van der Waals surface area contributed by atoms with Gasteiger partial charge >= 0.3 is 12.0 Å². The molecule has 2 unspecified atom stereocenters. The van der Waals surface area contributed by atoms with Crippen LogP contribution in [0.1, 0.15) is 45.6 Å². The zero-order valence-electron chi connectivity index (χ0n) is 21.5. The SMILES string of the molecule is COC(=O)[C@H]1COC2c3c(NC(=O)Nc4cc(C5CCN(Cc6ccccc6)C5)ccn4)cccc3C(=O)N21. The van der Waals surface area contributed by atoms with Crippen LogP contribution < -0.4 is 10.6 Å². The van der Waals surface area contributed by atoms with Gasteiger partial charge in [-0.3, -0.25) is 19.9 Å². The van der Waals surface area contributed by atoms with Crippen molar-refractivity contribution >= 4 is 29.4 Å². The second-order valence-corrected chi connectivity index (χ2v) is 9.96. The fourth-order valence-corrected chi connectivity index (χ4v) is 5.69. The Morgan fingerprint density at radius 1 is 1.10 bits per heavy atom. The van der Waals surface area contributed by atoms with Crippen molar-refractivity contribution < 1.29 is 23.9 Å². The summed E-state index contributed by atoms with van der Waals surface area (Å²) in [5, 5.41) is 5.65. The normalized spacial score (nSPS) is 21.9. The maximum Gasteiger partial charge on any atom is 0.331 e. The number of nitrogens with zero attached hydrogens (tertiary/aromatic N) is 3. The Balaban J connectivity index is 1.12. The quantitative estimate of drug-likeness (QED) is 0.470. The predicted octanol–water partition coefficient (Wildman–Crippen LogP) is 3.74. The number of carbonyl (C=O) groups excluding carboxylic acids is 3. The molecule has 4 heterocycles. The van der Waals surface area contributed by atoms with E-state index in [4.69, 9.17) is 9.47 Å². The van der Waals surface area contributed by atoms with Gasteiger partial charge in [-0.2, -0.15) is 0 Å². The summed E-state index contributed by atoms with van der Waals surface area (Å²) in [6, 6.07) is 18.1. The van der Waals surface area contributed by atoms with E-state index in [1.807, 2.05) is 18.2 Å². The Bertz CT molecular complexity index is 1410. The van der Waals surface area contributed by atoms with Crippen molar-refractivity contribution in [3.63, 3.8) is 0 Å². The van der Waals surface area contributed by atoms with E-state index in [0.29, 0.717) is 28.6 Å². The molecule has 2 aromatic carbocycles. The van der Waals surface area contributed by atoms with E-state index in [0.717, 1.165) is 31.6 Å². The van der Waals surface area contributed by atoms with Crippen molar-refractivity contribution in [2.24, 2.45) is 0 Å². The van der Waals surface area contributed by atoms with Crippen molar-refractivity contribution in [1.82, 2.24) is 14.8 Å². The molecule has 1 aromatic heterocycles. The van der Waals surface area contributed by atoms with Gasteiger partial charge in [-0.1, -0.05) is 36.4 Å². The minimum atomic E-state index is -0.826. The fourth-order valence-electron chi connectivity index (χ4n) is 5.69. The van der Waals surface area contributed by atoms with Gasteiger partial charge < -0.3 is 14.8 Å². The molecule has 0 saturated carbocycles. The van der Waals surface area contributed by atoms with Gasteiger partial charge in [-0.15, -0.1) is 0 Å². The number of fused-ring (bicyclic) bond motifs is 3. The number of likely N-dealkylation sites (tertiary alicyclic amines) is 1. The first-order valence-electron chi connectivity index (χ1n) is 13.0. The van der Waals surface area contributed by atoms with Gasteiger partial charge in [0.1, 0.15) is 5.82 Å². The molecule has 2 fully saturated rings. The first kappa shape index (κ1) is 25.0. The number of hydrogen-bond donors (Lipinski definition) is 2. The summed E-state index contributed by atoms with van der Waals surface area (Å²) in [5.74, 6) is -0.0712. The molecule has 10 nitrogen and oxygen atoms in total. The molecule has 3 aromatic rings. The minimum Gasteiger partial charge on any atom is -0.467 e. The molecule has 0 aliphatic carbocycles.